The molecule has 0 unspecified atom stereocenters. The fourth-order valence-corrected chi connectivity index (χ4v) is 3.96. The number of anilines is 1. The number of carbonyl (C=O) groups is 1. The summed E-state index contributed by atoms with van der Waals surface area (Å²) in [5.74, 6) is -0.585. The largest absolute Gasteiger partial charge is 0.486 e. The lowest BCUT2D eigenvalue weighted by Gasteiger charge is -2.10. The number of amides is 1. The number of hydrogen-bond acceptors (Lipinski definition) is 5. The lowest BCUT2D eigenvalue weighted by Crippen LogP contribution is -2.16. The van der Waals surface area contributed by atoms with Crippen molar-refractivity contribution in [1.29, 1.82) is 0 Å². The molecule has 5 nitrogen and oxygen atoms in total. The van der Waals surface area contributed by atoms with E-state index in [4.69, 9.17) is 32.7 Å². The molecule has 0 aliphatic heterocycles. The molecule has 0 aliphatic rings. The van der Waals surface area contributed by atoms with Gasteiger partial charge in [-0.25, -0.2) is 14.2 Å². The summed E-state index contributed by atoms with van der Waals surface area (Å²) in [6.07, 6.45) is -0.689. The molecule has 1 amide bonds. The molecule has 0 atom stereocenters. The number of ether oxygens (including phenoxy) is 2. The highest BCUT2D eigenvalue weighted by atomic mass is 35.5. The molecule has 0 radical (unpaired) electrons. The minimum absolute atomic E-state index is 0.00256. The van der Waals surface area contributed by atoms with Crippen LogP contribution in [0.1, 0.15) is 5.56 Å². The maximum Gasteiger partial charge on any atom is 0.419 e. The van der Waals surface area contributed by atoms with E-state index in [1.807, 2.05) is 6.07 Å². The first kappa shape index (κ1) is 20.4. The Hall–Kier alpha value is -2.87. The van der Waals surface area contributed by atoms with Crippen molar-refractivity contribution < 1.29 is 18.7 Å². The molecular weight excluding hydrogens is 450 g/mol. The third-order valence-corrected chi connectivity index (χ3v) is 5.66. The number of benzene rings is 3. The lowest BCUT2D eigenvalue weighted by molar-refractivity contribution is 0.215. The highest BCUT2D eigenvalue weighted by molar-refractivity contribution is 7.20. The van der Waals surface area contributed by atoms with Crippen molar-refractivity contribution in [3.8, 4) is 10.9 Å². The number of nitrogens with zero attached hydrogens (tertiary/aromatic N) is 1. The number of thiazole rings is 1. The van der Waals surface area contributed by atoms with Crippen LogP contribution in [0.3, 0.4) is 0 Å². The minimum Gasteiger partial charge on any atom is -0.486 e. The zero-order valence-corrected chi connectivity index (χ0v) is 17.5. The summed E-state index contributed by atoms with van der Waals surface area (Å²) in [5.41, 5.74) is 1.50. The summed E-state index contributed by atoms with van der Waals surface area (Å²) in [5, 5.41) is 3.54. The van der Waals surface area contributed by atoms with Crippen molar-refractivity contribution in [3.63, 3.8) is 0 Å². The molecule has 0 saturated heterocycles. The maximum atomic E-state index is 14.4. The molecule has 1 N–H and O–H groups in total. The van der Waals surface area contributed by atoms with E-state index in [0.717, 1.165) is 11.3 Å². The predicted octanol–water partition coefficient (Wildman–Crippen LogP) is 6.93. The molecule has 0 aliphatic carbocycles. The number of halogens is 3. The van der Waals surface area contributed by atoms with Crippen LogP contribution in [0.2, 0.25) is 10.0 Å². The summed E-state index contributed by atoms with van der Waals surface area (Å²) in [4.78, 5) is 16.2. The van der Waals surface area contributed by atoms with Crippen molar-refractivity contribution in [2.24, 2.45) is 0 Å². The summed E-state index contributed by atoms with van der Waals surface area (Å²) < 4.78 is 25.8. The third-order valence-electron chi connectivity index (χ3n) is 4.06. The Morgan fingerprint density at radius 3 is 2.53 bits per heavy atom. The van der Waals surface area contributed by atoms with Gasteiger partial charge in [-0.3, -0.25) is 5.32 Å². The summed E-state index contributed by atoms with van der Waals surface area (Å²) >= 11 is 13.3. The van der Waals surface area contributed by atoms with Crippen molar-refractivity contribution in [1.82, 2.24) is 4.98 Å². The van der Waals surface area contributed by atoms with Gasteiger partial charge < -0.3 is 9.47 Å². The second kappa shape index (κ2) is 8.87. The van der Waals surface area contributed by atoms with Gasteiger partial charge in [-0.15, -0.1) is 0 Å². The number of carbonyl (C=O) groups excluding carboxylic acids is 1. The second-order valence-corrected chi connectivity index (χ2v) is 7.91. The van der Waals surface area contributed by atoms with Crippen LogP contribution in [-0.2, 0) is 6.61 Å². The highest BCUT2D eigenvalue weighted by Crippen LogP contribution is 2.34. The van der Waals surface area contributed by atoms with E-state index < -0.39 is 11.9 Å². The quantitative estimate of drug-likeness (QED) is 0.349. The topological polar surface area (TPSA) is 60.5 Å². The molecule has 1 heterocycles. The first-order chi connectivity index (χ1) is 14.5. The Morgan fingerprint density at radius 2 is 1.80 bits per heavy atom. The highest BCUT2D eigenvalue weighted by Gasteiger charge is 2.15. The third kappa shape index (κ3) is 4.64. The SMILES string of the molecule is O=C(Nc1ccccc1)Oc1nc2cc(F)c(OCc3c(Cl)cccc3Cl)cc2s1. The van der Waals surface area contributed by atoms with Gasteiger partial charge in [-0.2, -0.15) is 0 Å². The first-order valence-corrected chi connectivity index (χ1v) is 10.3. The Labute approximate surface area is 185 Å². The summed E-state index contributed by atoms with van der Waals surface area (Å²) in [6, 6.07) is 16.6. The van der Waals surface area contributed by atoms with Gasteiger partial charge in [0, 0.05) is 33.4 Å². The van der Waals surface area contributed by atoms with Crippen LogP contribution in [-0.4, -0.2) is 11.1 Å². The Kier molecular flexibility index (Phi) is 6.03. The van der Waals surface area contributed by atoms with Crippen molar-refractivity contribution in [3.05, 3.63) is 82.1 Å². The number of hydrogen-bond donors (Lipinski definition) is 1. The molecule has 0 fully saturated rings. The van der Waals surface area contributed by atoms with Gasteiger partial charge in [-0.1, -0.05) is 58.8 Å². The molecule has 152 valence electrons. The fourth-order valence-electron chi connectivity index (χ4n) is 2.63. The molecular formula is C21H13Cl2FN2O3S. The molecule has 1 aromatic heterocycles. The molecule has 9 heteroatoms. The first-order valence-electron chi connectivity index (χ1n) is 8.69. The van der Waals surface area contributed by atoms with Crippen molar-refractivity contribution in [2.45, 2.75) is 6.61 Å². The van der Waals surface area contributed by atoms with Gasteiger partial charge in [0.25, 0.3) is 5.19 Å². The number of nitrogens with one attached hydrogen (secondary N) is 1. The van der Waals surface area contributed by atoms with Crippen molar-refractivity contribution >= 4 is 56.5 Å². The van der Waals surface area contributed by atoms with Crippen LogP contribution < -0.4 is 14.8 Å². The van der Waals surface area contributed by atoms with Crippen LogP contribution in [0.25, 0.3) is 10.2 Å². The van der Waals surface area contributed by atoms with Crippen LogP contribution in [0.4, 0.5) is 14.9 Å². The van der Waals surface area contributed by atoms with E-state index in [-0.39, 0.29) is 17.6 Å². The molecule has 30 heavy (non-hydrogen) atoms. The number of rotatable bonds is 5. The van der Waals surface area contributed by atoms with E-state index in [1.54, 1.807) is 42.5 Å². The van der Waals surface area contributed by atoms with Crippen LogP contribution >= 0.6 is 34.5 Å². The lowest BCUT2D eigenvalue weighted by atomic mass is 10.2. The van der Waals surface area contributed by atoms with Gasteiger partial charge in [0.05, 0.1) is 10.2 Å². The van der Waals surface area contributed by atoms with E-state index in [1.165, 1.54) is 12.1 Å². The van der Waals surface area contributed by atoms with E-state index >= 15 is 0 Å². The smallest absolute Gasteiger partial charge is 0.419 e. The van der Waals surface area contributed by atoms with E-state index in [2.05, 4.69) is 10.3 Å². The zero-order valence-electron chi connectivity index (χ0n) is 15.2. The number of fused-ring (bicyclic) bond motifs is 1. The molecule has 0 spiro atoms. The molecule has 4 rings (SSSR count). The zero-order chi connectivity index (χ0) is 21.1. The van der Waals surface area contributed by atoms with Gasteiger partial charge >= 0.3 is 6.09 Å². The average molecular weight is 463 g/mol. The van der Waals surface area contributed by atoms with Gasteiger partial charge in [0.1, 0.15) is 6.61 Å². The molecule has 0 saturated carbocycles. The van der Waals surface area contributed by atoms with E-state index in [0.29, 0.717) is 31.5 Å². The van der Waals surface area contributed by atoms with Crippen LogP contribution in [0.5, 0.6) is 10.9 Å². The van der Waals surface area contributed by atoms with Crippen LogP contribution in [0.15, 0.2) is 60.7 Å². The van der Waals surface area contributed by atoms with E-state index in [9.17, 15) is 9.18 Å². The number of para-hydroxylation sites is 1. The predicted molar refractivity (Wildman–Crippen MR) is 116 cm³/mol. The van der Waals surface area contributed by atoms with Gasteiger partial charge in [0.2, 0.25) is 0 Å². The minimum atomic E-state index is -0.689. The normalized spacial score (nSPS) is 10.8. The van der Waals surface area contributed by atoms with Gasteiger partial charge in [-0.05, 0) is 24.3 Å². The molecule has 3 aromatic carbocycles. The molecule has 4 aromatic rings. The Bertz CT molecular complexity index is 1200. The summed E-state index contributed by atoms with van der Waals surface area (Å²) in [7, 11) is 0. The van der Waals surface area contributed by atoms with Crippen molar-refractivity contribution in [2.75, 3.05) is 5.32 Å². The second-order valence-electron chi connectivity index (χ2n) is 6.10. The van der Waals surface area contributed by atoms with Crippen LogP contribution in [0, 0.1) is 5.82 Å². The average Bonchev–Trinajstić information content (AvgIpc) is 3.09. The fraction of sp³-hybridized carbons (Fsp3) is 0.0476. The monoisotopic (exact) mass is 462 g/mol. The summed E-state index contributed by atoms with van der Waals surface area (Å²) in [6.45, 7) is 0.00256. The maximum absolute atomic E-state index is 14.4. The Morgan fingerprint density at radius 1 is 1.07 bits per heavy atom. The molecule has 0 bridgehead atoms. The number of aromatic nitrogens is 1. The standard InChI is InChI=1S/C21H13Cl2FN2O3S/c22-14-7-4-8-15(23)13(14)11-28-18-10-19-17(9-16(18)24)26-21(30-19)29-20(27)25-12-5-2-1-3-6-12/h1-10H,11H2,(H,25,27). The Balaban J connectivity index is 1.49. The van der Waals surface area contributed by atoms with Gasteiger partial charge in [0.15, 0.2) is 11.6 Å².